The highest BCUT2D eigenvalue weighted by Gasteiger charge is 2.38. The van der Waals surface area contributed by atoms with Gasteiger partial charge >= 0.3 is 0 Å². The Morgan fingerprint density at radius 2 is 2.42 bits per heavy atom. The largest absolute Gasteiger partial charge is 0.329 e. The molecular formula is C9H20N2S. The first-order valence-corrected chi connectivity index (χ1v) is 5.87. The van der Waals surface area contributed by atoms with Gasteiger partial charge in [-0.25, -0.2) is 0 Å². The number of nitrogens with two attached hydrogens (primary N) is 1. The topological polar surface area (TPSA) is 38.0 Å². The SMILES string of the molecule is CCCNC1(CN)CCSC1C. The van der Waals surface area contributed by atoms with Crippen LogP contribution in [0.5, 0.6) is 0 Å². The van der Waals surface area contributed by atoms with Gasteiger partial charge in [0.1, 0.15) is 0 Å². The summed E-state index contributed by atoms with van der Waals surface area (Å²) in [6.07, 6.45) is 2.43. The predicted molar refractivity (Wildman–Crippen MR) is 56.6 cm³/mol. The van der Waals surface area contributed by atoms with Crippen LogP contribution in [0.25, 0.3) is 0 Å². The highest BCUT2D eigenvalue weighted by Crippen LogP contribution is 2.34. The molecule has 0 bridgehead atoms. The lowest BCUT2D eigenvalue weighted by atomic mass is 9.93. The average molecular weight is 188 g/mol. The normalized spacial score (nSPS) is 35.8. The van der Waals surface area contributed by atoms with E-state index >= 15 is 0 Å². The van der Waals surface area contributed by atoms with Gasteiger partial charge in [0.15, 0.2) is 0 Å². The fourth-order valence-electron chi connectivity index (χ4n) is 1.73. The first-order chi connectivity index (χ1) is 5.75. The van der Waals surface area contributed by atoms with Crippen molar-refractivity contribution < 1.29 is 0 Å². The molecule has 2 atom stereocenters. The maximum atomic E-state index is 5.82. The summed E-state index contributed by atoms with van der Waals surface area (Å²) in [4.78, 5) is 0. The molecule has 1 fully saturated rings. The summed E-state index contributed by atoms with van der Waals surface area (Å²) in [6.45, 7) is 6.36. The summed E-state index contributed by atoms with van der Waals surface area (Å²) in [6, 6.07) is 0. The molecule has 1 aliphatic heterocycles. The van der Waals surface area contributed by atoms with Crippen LogP contribution in [-0.4, -0.2) is 29.6 Å². The van der Waals surface area contributed by atoms with Gasteiger partial charge in [-0.3, -0.25) is 0 Å². The second-order valence-corrected chi connectivity index (χ2v) is 5.00. The zero-order chi connectivity index (χ0) is 9.03. The van der Waals surface area contributed by atoms with E-state index in [0.29, 0.717) is 5.25 Å². The maximum Gasteiger partial charge on any atom is 0.0429 e. The van der Waals surface area contributed by atoms with Crippen LogP contribution >= 0.6 is 11.8 Å². The van der Waals surface area contributed by atoms with E-state index in [9.17, 15) is 0 Å². The van der Waals surface area contributed by atoms with E-state index < -0.39 is 0 Å². The second-order valence-electron chi connectivity index (χ2n) is 3.55. The molecule has 1 saturated heterocycles. The van der Waals surface area contributed by atoms with Crippen molar-refractivity contribution in [2.75, 3.05) is 18.8 Å². The summed E-state index contributed by atoms with van der Waals surface area (Å²) < 4.78 is 0. The van der Waals surface area contributed by atoms with Crippen molar-refractivity contribution in [3.05, 3.63) is 0 Å². The number of hydrogen-bond acceptors (Lipinski definition) is 3. The first kappa shape index (κ1) is 10.4. The third kappa shape index (κ3) is 1.95. The molecule has 3 N–H and O–H groups in total. The van der Waals surface area contributed by atoms with Gasteiger partial charge in [0.2, 0.25) is 0 Å². The minimum Gasteiger partial charge on any atom is -0.329 e. The van der Waals surface area contributed by atoms with Gasteiger partial charge in [-0.05, 0) is 25.1 Å². The van der Waals surface area contributed by atoms with Gasteiger partial charge in [-0.1, -0.05) is 13.8 Å². The predicted octanol–water partition coefficient (Wildman–Crippen LogP) is 1.21. The van der Waals surface area contributed by atoms with Gasteiger partial charge < -0.3 is 11.1 Å². The molecule has 0 aromatic rings. The van der Waals surface area contributed by atoms with Gasteiger partial charge in [0.25, 0.3) is 0 Å². The Labute approximate surface area is 79.7 Å². The standard InChI is InChI=1S/C9H20N2S/c1-3-5-11-9(7-10)4-6-12-8(9)2/h8,11H,3-7,10H2,1-2H3. The molecule has 0 amide bonds. The lowest BCUT2D eigenvalue weighted by Crippen LogP contribution is -2.55. The molecule has 72 valence electrons. The zero-order valence-electron chi connectivity index (χ0n) is 8.10. The van der Waals surface area contributed by atoms with Crippen molar-refractivity contribution in [3.63, 3.8) is 0 Å². The lowest BCUT2D eigenvalue weighted by Gasteiger charge is -2.32. The van der Waals surface area contributed by atoms with Crippen molar-refractivity contribution in [2.45, 2.75) is 37.5 Å². The molecule has 12 heavy (non-hydrogen) atoms. The fraction of sp³-hybridized carbons (Fsp3) is 1.00. The molecule has 0 saturated carbocycles. The number of nitrogens with one attached hydrogen (secondary N) is 1. The van der Waals surface area contributed by atoms with Gasteiger partial charge in [0.05, 0.1) is 0 Å². The molecule has 2 unspecified atom stereocenters. The minimum absolute atomic E-state index is 0.237. The molecule has 2 nitrogen and oxygen atoms in total. The monoisotopic (exact) mass is 188 g/mol. The molecular weight excluding hydrogens is 168 g/mol. The summed E-state index contributed by atoms with van der Waals surface area (Å²) in [5.74, 6) is 1.26. The van der Waals surface area contributed by atoms with Crippen molar-refractivity contribution in [3.8, 4) is 0 Å². The van der Waals surface area contributed by atoms with E-state index in [1.54, 1.807) is 0 Å². The van der Waals surface area contributed by atoms with Crippen LogP contribution in [0, 0.1) is 0 Å². The van der Waals surface area contributed by atoms with Crippen LogP contribution in [0.15, 0.2) is 0 Å². The quantitative estimate of drug-likeness (QED) is 0.696. The van der Waals surface area contributed by atoms with E-state index in [2.05, 4.69) is 19.2 Å². The Morgan fingerprint density at radius 1 is 1.67 bits per heavy atom. The minimum atomic E-state index is 0.237. The summed E-state index contributed by atoms with van der Waals surface area (Å²) in [7, 11) is 0. The number of thioether (sulfide) groups is 1. The van der Waals surface area contributed by atoms with E-state index in [1.807, 2.05) is 11.8 Å². The fourth-order valence-corrected chi connectivity index (χ4v) is 3.18. The maximum absolute atomic E-state index is 5.82. The average Bonchev–Trinajstić information content (AvgIpc) is 2.45. The second kappa shape index (κ2) is 4.49. The molecule has 0 aromatic heterocycles. The van der Waals surface area contributed by atoms with Crippen molar-refractivity contribution in [1.82, 2.24) is 5.32 Å². The van der Waals surface area contributed by atoms with Crippen molar-refractivity contribution >= 4 is 11.8 Å². The van der Waals surface area contributed by atoms with Crippen LogP contribution in [0.2, 0.25) is 0 Å². The van der Waals surface area contributed by atoms with E-state index in [-0.39, 0.29) is 5.54 Å². The van der Waals surface area contributed by atoms with Gasteiger partial charge in [-0.15, -0.1) is 0 Å². The zero-order valence-corrected chi connectivity index (χ0v) is 8.91. The van der Waals surface area contributed by atoms with Gasteiger partial charge in [0, 0.05) is 17.3 Å². The summed E-state index contributed by atoms with van der Waals surface area (Å²) >= 11 is 2.04. The summed E-state index contributed by atoms with van der Waals surface area (Å²) in [5, 5.41) is 4.27. The smallest absolute Gasteiger partial charge is 0.0429 e. The van der Waals surface area contributed by atoms with E-state index in [1.165, 1.54) is 18.6 Å². The Bertz CT molecular complexity index is 140. The van der Waals surface area contributed by atoms with Crippen LogP contribution in [0.4, 0.5) is 0 Å². The Hall–Kier alpha value is 0.270. The highest BCUT2D eigenvalue weighted by atomic mass is 32.2. The number of hydrogen-bond donors (Lipinski definition) is 2. The Kier molecular flexibility index (Phi) is 3.87. The third-order valence-corrected chi connectivity index (χ3v) is 4.18. The van der Waals surface area contributed by atoms with Crippen LogP contribution < -0.4 is 11.1 Å². The Morgan fingerprint density at radius 3 is 2.83 bits per heavy atom. The molecule has 0 aromatic carbocycles. The lowest BCUT2D eigenvalue weighted by molar-refractivity contribution is 0.335. The summed E-state index contributed by atoms with van der Waals surface area (Å²) in [5.41, 5.74) is 6.06. The highest BCUT2D eigenvalue weighted by molar-refractivity contribution is 8.00. The molecule has 1 rings (SSSR count). The molecule has 0 aliphatic carbocycles. The van der Waals surface area contributed by atoms with Crippen LogP contribution in [-0.2, 0) is 0 Å². The molecule has 1 heterocycles. The van der Waals surface area contributed by atoms with Crippen molar-refractivity contribution in [2.24, 2.45) is 5.73 Å². The molecule has 3 heteroatoms. The third-order valence-electron chi connectivity index (χ3n) is 2.79. The van der Waals surface area contributed by atoms with Crippen LogP contribution in [0.1, 0.15) is 26.7 Å². The van der Waals surface area contributed by atoms with Crippen LogP contribution in [0.3, 0.4) is 0 Å². The molecule has 1 aliphatic rings. The molecule has 0 radical (unpaired) electrons. The first-order valence-electron chi connectivity index (χ1n) is 4.82. The van der Waals surface area contributed by atoms with E-state index in [0.717, 1.165) is 13.1 Å². The van der Waals surface area contributed by atoms with Crippen molar-refractivity contribution in [1.29, 1.82) is 0 Å². The Balaban J connectivity index is 2.49. The molecule has 0 spiro atoms. The van der Waals surface area contributed by atoms with E-state index in [4.69, 9.17) is 5.73 Å². The number of rotatable bonds is 4. The van der Waals surface area contributed by atoms with Gasteiger partial charge in [-0.2, -0.15) is 11.8 Å².